The molecule has 0 radical (unpaired) electrons. The molecular formula is C14H16BrN. The summed E-state index contributed by atoms with van der Waals surface area (Å²) in [4.78, 5) is 0. The third kappa shape index (κ3) is 2.15. The molecule has 0 bridgehead atoms. The molecule has 0 spiro atoms. The highest BCUT2D eigenvalue weighted by atomic mass is 79.9. The van der Waals surface area contributed by atoms with Crippen LogP contribution in [0.2, 0.25) is 0 Å². The second-order valence-electron chi connectivity index (χ2n) is 4.88. The van der Waals surface area contributed by atoms with E-state index in [1.165, 1.54) is 18.4 Å². The molecule has 1 aliphatic rings. The first-order valence-electron chi connectivity index (χ1n) is 5.83. The quantitative estimate of drug-likeness (QED) is 0.746. The van der Waals surface area contributed by atoms with Gasteiger partial charge in [0.2, 0.25) is 0 Å². The fraction of sp³-hybridized carbons (Fsp3) is 0.500. The minimum atomic E-state index is -0.229. The molecule has 16 heavy (non-hydrogen) atoms. The second kappa shape index (κ2) is 4.59. The molecule has 1 aromatic carbocycles. The van der Waals surface area contributed by atoms with Crippen LogP contribution >= 0.6 is 15.9 Å². The van der Waals surface area contributed by atoms with Crippen molar-refractivity contribution in [3.05, 3.63) is 34.3 Å². The lowest BCUT2D eigenvalue weighted by molar-refractivity contribution is 0.294. The first-order chi connectivity index (χ1) is 7.66. The van der Waals surface area contributed by atoms with E-state index in [-0.39, 0.29) is 5.41 Å². The maximum Gasteiger partial charge on any atom is 0.0822 e. The lowest BCUT2D eigenvalue weighted by Crippen LogP contribution is -2.29. The number of hydrogen-bond acceptors (Lipinski definition) is 1. The summed E-state index contributed by atoms with van der Waals surface area (Å²) in [7, 11) is 0. The van der Waals surface area contributed by atoms with Crippen molar-refractivity contribution in [3.63, 3.8) is 0 Å². The molecule has 0 aromatic heterocycles. The Hall–Kier alpha value is -0.810. The van der Waals surface area contributed by atoms with Gasteiger partial charge in [-0.2, -0.15) is 5.26 Å². The summed E-state index contributed by atoms with van der Waals surface area (Å²) in [5.74, 6) is 0.775. The van der Waals surface area contributed by atoms with Gasteiger partial charge in [-0.25, -0.2) is 0 Å². The minimum Gasteiger partial charge on any atom is -0.197 e. The normalized spacial score (nSPS) is 29.7. The smallest absolute Gasteiger partial charge is 0.0822 e. The molecule has 0 N–H and O–H groups in total. The highest BCUT2D eigenvalue weighted by Gasteiger charge is 2.35. The lowest BCUT2D eigenvalue weighted by atomic mass is 9.68. The van der Waals surface area contributed by atoms with Crippen LogP contribution in [0.5, 0.6) is 0 Å². The monoisotopic (exact) mass is 277 g/mol. The fourth-order valence-corrected chi connectivity index (χ4v) is 2.75. The highest BCUT2D eigenvalue weighted by Crippen LogP contribution is 2.41. The summed E-state index contributed by atoms with van der Waals surface area (Å²) in [6.07, 6.45) is 4.35. The van der Waals surface area contributed by atoms with Crippen LogP contribution in [0.15, 0.2) is 28.7 Å². The molecule has 0 aliphatic heterocycles. The van der Waals surface area contributed by atoms with E-state index < -0.39 is 0 Å². The Balaban J connectivity index is 2.29. The van der Waals surface area contributed by atoms with E-state index in [0.717, 1.165) is 23.2 Å². The van der Waals surface area contributed by atoms with Gasteiger partial charge in [-0.05, 0) is 49.3 Å². The van der Waals surface area contributed by atoms with Gasteiger partial charge in [0.1, 0.15) is 0 Å². The Labute approximate surface area is 106 Å². The van der Waals surface area contributed by atoms with Crippen LogP contribution < -0.4 is 0 Å². The molecule has 2 heteroatoms. The lowest BCUT2D eigenvalue weighted by Gasteiger charge is -2.34. The minimum absolute atomic E-state index is 0.229. The molecule has 1 nitrogen and oxygen atoms in total. The van der Waals surface area contributed by atoms with Crippen LogP contribution in [0, 0.1) is 17.2 Å². The van der Waals surface area contributed by atoms with Gasteiger partial charge in [-0.3, -0.25) is 0 Å². The Kier molecular flexibility index (Phi) is 3.35. The van der Waals surface area contributed by atoms with Crippen LogP contribution in [-0.2, 0) is 5.41 Å². The Morgan fingerprint density at radius 3 is 2.31 bits per heavy atom. The van der Waals surface area contributed by atoms with Gasteiger partial charge in [0.15, 0.2) is 0 Å². The van der Waals surface area contributed by atoms with Gasteiger partial charge in [0.05, 0.1) is 11.5 Å². The summed E-state index contributed by atoms with van der Waals surface area (Å²) in [5, 5.41) is 9.49. The summed E-state index contributed by atoms with van der Waals surface area (Å²) in [5.41, 5.74) is 0.956. The molecule has 0 heterocycles. The zero-order chi connectivity index (χ0) is 11.6. The van der Waals surface area contributed by atoms with Crippen molar-refractivity contribution < 1.29 is 0 Å². The van der Waals surface area contributed by atoms with Crippen molar-refractivity contribution in [1.29, 1.82) is 5.26 Å². The number of nitriles is 1. The van der Waals surface area contributed by atoms with Gasteiger partial charge >= 0.3 is 0 Å². The third-order valence-corrected chi connectivity index (χ3v) is 4.27. The van der Waals surface area contributed by atoms with Gasteiger partial charge in [0.25, 0.3) is 0 Å². The van der Waals surface area contributed by atoms with Crippen LogP contribution in [0.4, 0.5) is 0 Å². The van der Waals surface area contributed by atoms with E-state index >= 15 is 0 Å². The van der Waals surface area contributed by atoms with Crippen molar-refractivity contribution >= 4 is 15.9 Å². The summed E-state index contributed by atoms with van der Waals surface area (Å²) in [6.45, 7) is 2.28. The van der Waals surface area contributed by atoms with Gasteiger partial charge in [-0.1, -0.05) is 35.0 Å². The molecule has 0 unspecified atom stereocenters. The molecule has 84 valence electrons. The summed E-state index contributed by atoms with van der Waals surface area (Å²) in [6, 6.07) is 10.8. The molecule has 0 amide bonds. The van der Waals surface area contributed by atoms with Crippen molar-refractivity contribution in [3.8, 4) is 6.07 Å². The maximum absolute atomic E-state index is 9.49. The standard InChI is InChI=1S/C14H16BrN/c1-11-6-8-14(10-16,9-7-11)12-2-4-13(15)5-3-12/h2-5,11H,6-9H2,1H3. The molecule has 0 saturated heterocycles. The Morgan fingerprint density at radius 1 is 1.25 bits per heavy atom. The third-order valence-electron chi connectivity index (χ3n) is 3.74. The zero-order valence-corrected chi connectivity index (χ0v) is 11.1. The fourth-order valence-electron chi connectivity index (χ4n) is 2.49. The predicted octanol–water partition coefficient (Wildman–Crippen LogP) is 4.42. The van der Waals surface area contributed by atoms with Crippen LogP contribution in [-0.4, -0.2) is 0 Å². The molecular weight excluding hydrogens is 262 g/mol. The number of benzene rings is 1. The first kappa shape index (κ1) is 11.7. The first-order valence-corrected chi connectivity index (χ1v) is 6.63. The van der Waals surface area contributed by atoms with Crippen molar-refractivity contribution in [2.45, 2.75) is 38.0 Å². The number of halogens is 1. The molecule has 1 saturated carbocycles. The largest absolute Gasteiger partial charge is 0.197 e. The van der Waals surface area contributed by atoms with E-state index in [1.54, 1.807) is 0 Å². The molecule has 1 fully saturated rings. The second-order valence-corrected chi connectivity index (χ2v) is 5.80. The molecule has 2 rings (SSSR count). The predicted molar refractivity (Wildman–Crippen MR) is 69.1 cm³/mol. The van der Waals surface area contributed by atoms with Crippen molar-refractivity contribution in [2.24, 2.45) is 5.92 Å². The number of nitrogens with zero attached hydrogens (tertiary/aromatic N) is 1. The average molecular weight is 278 g/mol. The maximum atomic E-state index is 9.49. The van der Waals surface area contributed by atoms with Gasteiger partial charge in [0, 0.05) is 4.47 Å². The highest BCUT2D eigenvalue weighted by molar-refractivity contribution is 9.10. The van der Waals surface area contributed by atoms with Gasteiger partial charge < -0.3 is 0 Å². The SMILES string of the molecule is CC1CCC(C#N)(c2ccc(Br)cc2)CC1. The summed E-state index contributed by atoms with van der Waals surface area (Å²) < 4.78 is 1.08. The number of hydrogen-bond donors (Lipinski definition) is 0. The Morgan fingerprint density at radius 2 is 1.81 bits per heavy atom. The van der Waals surface area contributed by atoms with Crippen molar-refractivity contribution in [1.82, 2.24) is 0 Å². The van der Waals surface area contributed by atoms with E-state index in [1.807, 2.05) is 12.1 Å². The molecule has 1 aliphatic carbocycles. The summed E-state index contributed by atoms with van der Waals surface area (Å²) >= 11 is 3.44. The zero-order valence-electron chi connectivity index (χ0n) is 9.54. The van der Waals surface area contributed by atoms with Crippen LogP contribution in [0.25, 0.3) is 0 Å². The van der Waals surface area contributed by atoms with E-state index in [4.69, 9.17) is 0 Å². The average Bonchev–Trinajstić information content (AvgIpc) is 2.32. The van der Waals surface area contributed by atoms with Gasteiger partial charge in [-0.15, -0.1) is 0 Å². The Bertz CT molecular complexity index is 394. The number of rotatable bonds is 1. The van der Waals surface area contributed by atoms with E-state index in [9.17, 15) is 5.26 Å². The van der Waals surface area contributed by atoms with Crippen LogP contribution in [0.1, 0.15) is 38.2 Å². The van der Waals surface area contributed by atoms with Crippen LogP contribution in [0.3, 0.4) is 0 Å². The van der Waals surface area contributed by atoms with E-state index in [0.29, 0.717) is 0 Å². The van der Waals surface area contributed by atoms with Crippen molar-refractivity contribution in [2.75, 3.05) is 0 Å². The van der Waals surface area contributed by atoms with E-state index in [2.05, 4.69) is 41.1 Å². The molecule has 0 atom stereocenters. The topological polar surface area (TPSA) is 23.8 Å². The molecule has 1 aromatic rings.